The number of benzene rings is 1. The highest BCUT2D eigenvalue weighted by atomic mass is 79.9. The van der Waals surface area contributed by atoms with E-state index in [1.165, 1.54) is 0 Å². The molecule has 0 aliphatic carbocycles. The van der Waals surface area contributed by atoms with Crippen LogP contribution >= 0.6 is 39.1 Å². The van der Waals surface area contributed by atoms with Gasteiger partial charge in [-0.1, -0.05) is 11.6 Å². The minimum absolute atomic E-state index is 0.114. The summed E-state index contributed by atoms with van der Waals surface area (Å²) in [5, 5.41) is 3.40. The van der Waals surface area contributed by atoms with E-state index in [-0.39, 0.29) is 11.8 Å². The average Bonchev–Trinajstić information content (AvgIpc) is 2.23. The number of alkyl halides is 1. The van der Waals surface area contributed by atoms with E-state index in [1.54, 1.807) is 32.0 Å². The lowest BCUT2D eigenvalue weighted by Crippen LogP contribution is -2.32. The molecule has 0 saturated heterocycles. The van der Waals surface area contributed by atoms with Gasteiger partial charge in [0.05, 0.1) is 10.4 Å². The zero-order chi connectivity index (χ0) is 12.3. The Hall–Kier alpha value is -0.250. The van der Waals surface area contributed by atoms with Crippen LogP contribution in [0.1, 0.15) is 13.8 Å². The molecule has 0 aromatic heterocycles. The van der Waals surface area contributed by atoms with Crippen LogP contribution in [0.15, 0.2) is 22.7 Å². The Bertz CT molecular complexity index is 407. The smallest absolute Gasteiger partial charge is 0.231 e. The van der Waals surface area contributed by atoms with Crippen molar-refractivity contribution in [2.75, 3.05) is 11.2 Å². The van der Waals surface area contributed by atoms with E-state index >= 15 is 0 Å². The van der Waals surface area contributed by atoms with Gasteiger partial charge in [0.25, 0.3) is 0 Å². The summed E-state index contributed by atoms with van der Waals surface area (Å²) in [5.74, 6) is 0.157. The number of rotatable bonds is 3. The van der Waals surface area contributed by atoms with E-state index in [2.05, 4.69) is 21.2 Å². The molecular formula is C11H12BrCl2NO. The maximum Gasteiger partial charge on any atom is 0.231 e. The van der Waals surface area contributed by atoms with Crippen LogP contribution in [0.3, 0.4) is 0 Å². The van der Waals surface area contributed by atoms with Gasteiger partial charge in [-0.05, 0) is 48.0 Å². The van der Waals surface area contributed by atoms with Gasteiger partial charge in [0, 0.05) is 16.0 Å². The summed E-state index contributed by atoms with van der Waals surface area (Å²) in [5.41, 5.74) is 0.104. The van der Waals surface area contributed by atoms with Gasteiger partial charge in [0.15, 0.2) is 0 Å². The number of amides is 1. The molecule has 0 unspecified atom stereocenters. The molecule has 1 N–H and O–H groups in total. The van der Waals surface area contributed by atoms with E-state index in [4.69, 9.17) is 23.2 Å². The molecule has 0 heterocycles. The normalized spacial score (nSPS) is 11.3. The Kier molecular flexibility index (Phi) is 4.65. The Labute approximate surface area is 113 Å². The third-order valence-corrected chi connectivity index (χ3v) is 4.01. The van der Waals surface area contributed by atoms with Crippen molar-refractivity contribution in [3.63, 3.8) is 0 Å². The monoisotopic (exact) mass is 323 g/mol. The molecule has 0 radical (unpaired) electrons. The second-order valence-electron chi connectivity index (χ2n) is 4.10. The standard InChI is InChI=1S/C11H12BrCl2NO/c1-11(2,6-13)10(16)15-7-3-4-9(14)8(12)5-7/h3-5H,6H2,1-2H3,(H,15,16). The zero-order valence-electron chi connectivity index (χ0n) is 8.98. The van der Waals surface area contributed by atoms with Gasteiger partial charge < -0.3 is 5.32 Å². The molecule has 1 amide bonds. The van der Waals surface area contributed by atoms with Crippen LogP contribution in [0, 0.1) is 5.41 Å². The summed E-state index contributed by atoms with van der Waals surface area (Å²) < 4.78 is 0.746. The van der Waals surface area contributed by atoms with Crippen molar-refractivity contribution in [2.45, 2.75) is 13.8 Å². The van der Waals surface area contributed by atoms with Crippen molar-refractivity contribution in [1.82, 2.24) is 0 Å². The minimum Gasteiger partial charge on any atom is -0.326 e. The van der Waals surface area contributed by atoms with Crippen molar-refractivity contribution in [2.24, 2.45) is 5.41 Å². The first-order valence-electron chi connectivity index (χ1n) is 4.69. The Morgan fingerprint density at radius 1 is 1.50 bits per heavy atom. The molecule has 16 heavy (non-hydrogen) atoms. The van der Waals surface area contributed by atoms with Crippen molar-refractivity contribution in [3.05, 3.63) is 27.7 Å². The maximum absolute atomic E-state index is 11.8. The Balaban J connectivity index is 2.82. The first-order chi connectivity index (χ1) is 7.36. The van der Waals surface area contributed by atoms with E-state index in [9.17, 15) is 4.79 Å². The largest absolute Gasteiger partial charge is 0.326 e. The number of hydrogen-bond donors (Lipinski definition) is 1. The van der Waals surface area contributed by atoms with Gasteiger partial charge >= 0.3 is 0 Å². The lowest BCUT2D eigenvalue weighted by atomic mass is 9.95. The first-order valence-corrected chi connectivity index (χ1v) is 6.40. The van der Waals surface area contributed by atoms with Crippen LogP contribution in [-0.4, -0.2) is 11.8 Å². The van der Waals surface area contributed by atoms with Crippen LogP contribution in [0.25, 0.3) is 0 Å². The van der Waals surface area contributed by atoms with Crippen LogP contribution in [0.4, 0.5) is 5.69 Å². The third-order valence-electron chi connectivity index (χ3n) is 2.13. The van der Waals surface area contributed by atoms with Gasteiger partial charge in [-0.3, -0.25) is 4.79 Å². The summed E-state index contributed by atoms with van der Waals surface area (Å²) in [6, 6.07) is 5.22. The summed E-state index contributed by atoms with van der Waals surface area (Å²) in [4.78, 5) is 11.8. The van der Waals surface area contributed by atoms with Crippen LogP contribution in [0.5, 0.6) is 0 Å². The van der Waals surface area contributed by atoms with Gasteiger partial charge in [0.1, 0.15) is 0 Å². The van der Waals surface area contributed by atoms with Crippen LogP contribution < -0.4 is 5.32 Å². The lowest BCUT2D eigenvalue weighted by molar-refractivity contribution is -0.122. The fourth-order valence-corrected chi connectivity index (χ4v) is 1.55. The second-order valence-corrected chi connectivity index (χ2v) is 5.63. The fraction of sp³-hybridized carbons (Fsp3) is 0.364. The molecule has 0 aliphatic rings. The number of carbonyl (C=O) groups is 1. The molecule has 0 atom stereocenters. The summed E-state index contributed by atoms with van der Waals surface area (Å²) in [6.07, 6.45) is 0. The second kappa shape index (κ2) is 5.39. The number of nitrogens with one attached hydrogen (secondary N) is 1. The quantitative estimate of drug-likeness (QED) is 0.825. The van der Waals surface area contributed by atoms with E-state index in [1.807, 2.05) is 0 Å². The summed E-state index contributed by atoms with van der Waals surface area (Å²) in [6.45, 7) is 3.58. The maximum atomic E-state index is 11.8. The number of hydrogen-bond acceptors (Lipinski definition) is 1. The number of carbonyl (C=O) groups excluding carboxylic acids is 1. The first kappa shape index (κ1) is 13.8. The third kappa shape index (κ3) is 3.37. The molecule has 1 rings (SSSR count). The minimum atomic E-state index is -0.590. The van der Waals surface area contributed by atoms with Gasteiger partial charge in [-0.15, -0.1) is 11.6 Å². The SMILES string of the molecule is CC(C)(CCl)C(=O)Nc1ccc(Cl)c(Br)c1. The van der Waals surface area contributed by atoms with Crippen molar-refractivity contribution in [3.8, 4) is 0 Å². The van der Waals surface area contributed by atoms with E-state index in [0.29, 0.717) is 10.7 Å². The van der Waals surface area contributed by atoms with Crippen LogP contribution in [-0.2, 0) is 4.79 Å². The highest BCUT2D eigenvalue weighted by molar-refractivity contribution is 9.10. The predicted octanol–water partition coefficient (Wildman–Crippen LogP) is 4.31. The van der Waals surface area contributed by atoms with Crippen LogP contribution in [0.2, 0.25) is 5.02 Å². The fourth-order valence-electron chi connectivity index (χ4n) is 0.935. The molecule has 88 valence electrons. The van der Waals surface area contributed by atoms with E-state index in [0.717, 1.165) is 4.47 Å². The number of halogens is 3. The molecule has 2 nitrogen and oxygen atoms in total. The molecule has 5 heteroatoms. The molecule has 0 bridgehead atoms. The summed E-state index contributed by atoms with van der Waals surface area (Å²) in [7, 11) is 0. The van der Waals surface area contributed by atoms with Gasteiger partial charge in [-0.25, -0.2) is 0 Å². The molecule has 0 aliphatic heterocycles. The topological polar surface area (TPSA) is 29.1 Å². The van der Waals surface area contributed by atoms with Gasteiger partial charge in [-0.2, -0.15) is 0 Å². The predicted molar refractivity (Wildman–Crippen MR) is 72.3 cm³/mol. The highest BCUT2D eigenvalue weighted by Gasteiger charge is 2.26. The molecule has 1 aromatic carbocycles. The number of anilines is 1. The molecule has 0 saturated carbocycles. The molecule has 0 fully saturated rings. The average molecular weight is 325 g/mol. The van der Waals surface area contributed by atoms with Crippen molar-refractivity contribution < 1.29 is 4.79 Å². The van der Waals surface area contributed by atoms with E-state index < -0.39 is 5.41 Å². The van der Waals surface area contributed by atoms with Crippen molar-refractivity contribution in [1.29, 1.82) is 0 Å². The molecule has 1 aromatic rings. The zero-order valence-corrected chi connectivity index (χ0v) is 12.1. The van der Waals surface area contributed by atoms with Crippen molar-refractivity contribution >= 4 is 50.7 Å². The Morgan fingerprint density at radius 2 is 2.12 bits per heavy atom. The van der Waals surface area contributed by atoms with Gasteiger partial charge in [0.2, 0.25) is 5.91 Å². The molecule has 0 spiro atoms. The Morgan fingerprint density at radius 3 is 2.62 bits per heavy atom. The lowest BCUT2D eigenvalue weighted by Gasteiger charge is -2.20. The highest BCUT2D eigenvalue weighted by Crippen LogP contribution is 2.27. The summed E-state index contributed by atoms with van der Waals surface area (Å²) >= 11 is 14.9. The molecular weight excluding hydrogens is 313 g/mol.